The van der Waals surface area contributed by atoms with Crippen LogP contribution in [-0.4, -0.2) is 55.2 Å². The molecule has 1 saturated heterocycles. The highest BCUT2D eigenvalue weighted by Gasteiger charge is 2.26. The first-order valence-electron chi connectivity index (χ1n) is 11.4. The lowest BCUT2D eigenvalue weighted by molar-refractivity contribution is -0.143. The maximum Gasteiger partial charge on any atom is 0.330 e. The number of aryl methyl sites for hydroxylation is 2. The van der Waals surface area contributed by atoms with E-state index in [-0.39, 0.29) is 24.0 Å². The molecule has 1 fully saturated rings. The summed E-state index contributed by atoms with van der Waals surface area (Å²) < 4.78 is 9.16. The molecule has 2 aromatic heterocycles. The molecule has 0 saturated carbocycles. The Morgan fingerprint density at radius 3 is 2.48 bits per heavy atom. The van der Waals surface area contributed by atoms with E-state index in [1.165, 1.54) is 0 Å². The van der Waals surface area contributed by atoms with E-state index in [2.05, 4.69) is 25.8 Å². The number of carbonyl (C=O) groups is 1. The third kappa shape index (κ3) is 5.26. The van der Waals surface area contributed by atoms with Crippen molar-refractivity contribution in [2.45, 2.75) is 85.6 Å². The molecule has 9 heteroatoms. The highest BCUT2D eigenvalue weighted by molar-refractivity contribution is 5.77. The summed E-state index contributed by atoms with van der Waals surface area (Å²) in [4.78, 5) is 46.9. The number of nitrogens with zero attached hydrogens (tertiary/aromatic N) is 4. The van der Waals surface area contributed by atoms with Crippen molar-refractivity contribution in [1.82, 2.24) is 24.0 Å². The molecule has 3 heterocycles. The molecule has 1 aliphatic rings. The molecule has 1 N–H and O–H groups in total. The van der Waals surface area contributed by atoms with Gasteiger partial charge in [0.2, 0.25) is 5.91 Å². The first-order chi connectivity index (χ1) is 14.7. The highest BCUT2D eigenvalue weighted by atomic mass is 16.5. The molecule has 0 bridgehead atoms. The van der Waals surface area contributed by atoms with Gasteiger partial charge >= 0.3 is 5.69 Å². The smallest absolute Gasteiger partial charge is 0.330 e. The lowest BCUT2D eigenvalue weighted by Gasteiger charge is -2.35. The third-order valence-electron chi connectivity index (χ3n) is 5.58. The number of imidazole rings is 1. The van der Waals surface area contributed by atoms with Crippen molar-refractivity contribution in [3.63, 3.8) is 0 Å². The van der Waals surface area contributed by atoms with Gasteiger partial charge in [0, 0.05) is 39.0 Å². The lowest BCUT2D eigenvalue weighted by atomic mass is 10.2. The van der Waals surface area contributed by atoms with Crippen LogP contribution in [0.15, 0.2) is 9.59 Å². The van der Waals surface area contributed by atoms with Gasteiger partial charge in [-0.3, -0.25) is 19.1 Å². The van der Waals surface area contributed by atoms with Gasteiger partial charge in [0.25, 0.3) is 5.56 Å². The summed E-state index contributed by atoms with van der Waals surface area (Å²) in [5.41, 5.74) is -0.0206. The number of rotatable bonds is 8. The zero-order chi connectivity index (χ0) is 22.7. The van der Waals surface area contributed by atoms with Gasteiger partial charge in [-0.05, 0) is 26.2 Å². The summed E-state index contributed by atoms with van der Waals surface area (Å²) in [6.07, 6.45) is 2.51. The van der Waals surface area contributed by atoms with Crippen molar-refractivity contribution in [2.75, 3.05) is 13.1 Å². The average molecular weight is 434 g/mol. The molecule has 172 valence electrons. The molecule has 0 unspecified atom stereocenters. The van der Waals surface area contributed by atoms with Crippen molar-refractivity contribution >= 4 is 17.1 Å². The van der Waals surface area contributed by atoms with Gasteiger partial charge in [0.1, 0.15) is 5.82 Å². The fraction of sp³-hybridized carbons (Fsp3) is 0.727. The number of aromatic nitrogens is 4. The van der Waals surface area contributed by atoms with Gasteiger partial charge in [0.15, 0.2) is 11.2 Å². The number of hydrogen-bond donors (Lipinski definition) is 1. The molecule has 2 aromatic rings. The zero-order valence-electron chi connectivity index (χ0n) is 19.3. The summed E-state index contributed by atoms with van der Waals surface area (Å²) in [7, 11) is 0. The maximum atomic E-state index is 12.9. The molecular formula is C22H35N5O4. The average Bonchev–Trinajstić information content (AvgIpc) is 3.03. The molecule has 0 aliphatic carbocycles. The second-order valence-electron chi connectivity index (χ2n) is 9.03. The molecule has 0 radical (unpaired) electrons. The van der Waals surface area contributed by atoms with Crippen molar-refractivity contribution in [3.05, 3.63) is 26.7 Å². The van der Waals surface area contributed by atoms with Gasteiger partial charge in [-0.1, -0.05) is 27.2 Å². The summed E-state index contributed by atoms with van der Waals surface area (Å²) in [6, 6.07) is 0. The number of amides is 1. The van der Waals surface area contributed by atoms with Crippen LogP contribution < -0.4 is 11.2 Å². The molecule has 1 amide bonds. The summed E-state index contributed by atoms with van der Waals surface area (Å²) in [5.74, 6) is 1.01. The Kier molecular flexibility index (Phi) is 7.35. The topological polar surface area (TPSA) is 102 Å². The minimum absolute atomic E-state index is 0.0183. The summed E-state index contributed by atoms with van der Waals surface area (Å²) in [6.45, 7) is 12.4. The van der Waals surface area contributed by atoms with Crippen LogP contribution in [0.5, 0.6) is 0 Å². The Morgan fingerprint density at radius 2 is 1.87 bits per heavy atom. The van der Waals surface area contributed by atoms with Crippen LogP contribution in [0.1, 0.15) is 59.7 Å². The Labute approximate surface area is 182 Å². The zero-order valence-corrected chi connectivity index (χ0v) is 19.3. The number of aromatic amines is 1. The quantitative estimate of drug-likeness (QED) is 0.685. The minimum Gasteiger partial charge on any atom is -0.372 e. The van der Waals surface area contributed by atoms with Crippen molar-refractivity contribution in [1.29, 1.82) is 0 Å². The molecule has 1 aliphatic heterocycles. The van der Waals surface area contributed by atoms with Gasteiger partial charge in [-0.15, -0.1) is 0 Å². The van der Waals surface area contributed by atoms with Gasteiger partial charge < -0.3 is 14.2 Å². The van der Waals surface area contributed by atoms with E-state index < -0.39 is 11.2 Å². The largest absolute Gasteiger partial charge is 0.372 e. The van der Waals surface area contributed by atoms with Crippen molar-refractivity contribution < 1.29 is 9.53 Å². The second kappa shape index (κ2) is 9.80. The lowest BCUT2D eigenvalue weighted by Crippen LogP contribution is -2.48. The van der Waals surface area contributed by atoms with Crippen LogP contribution in [0.2, 0.25) is 0 Å². The molecular weight excluding hydrogens is 398 g/mol. The van der Waals surface area contributed by atoms with Crippen LogP contribution in [0.25, 0.3) is 11.2 Å². The number of unbranched alkanes of at least 4 members (excludes halogenated alkanes) is 1. The van der Waals surface area contributed by atoms with E-state index in [0.29, 0.717) is 56.0 Å². The van der Waals surface area contributed by atoms with Gasteiger partial charge in [-0.25, -0.2) is 9.78 Å². The Balaban J connectivity index is 1.93. The molecule has 0 aromatic carbocycles. The van der Waals surface area contributed by atoms with Crippen molar-refractivity contribution in [2.24, 2.45) is 5.92 Å². The second-order valence-corrected chi connectivity index (χ2v) is 9.03. The van der Waals surface area contributed by atoms with E-state index in [1.54, 1.807) is 4.57 Å². The summed E-state index contributed by atoms with van der Waals surface area (Å²) in [5, 5.41) is 0. The van der Waals surface area contributed by atoms with E-state index in [4.69, 9.17) is 9.72 Å². The third-order valence-corrected chi connectivity index (χ3v) is 5.58. The van der Waals surface area contributed by atoms with Gasteiger partial charge in [-0.2, -0.15) is 0 Å². The predicted octanol–water partition coefficient (Wildman–Crippen LogP) is 1.91. The van der Waals surface area contributed by atoms with Crippen LogP contribution in [0.4, 0.5) is 0 Å². The molecule has 2 atom stereocenters. The number of nitrogens with one attached hydrogen (secondary N) is 1. The number of H-pyrrole nitrogens is 1. The van der Waals surface area contributed by atoms with E-state index in [9.17, 15) is 14.4 Å². The van der Waals surface area contributed by atoms with E-state index >= 15 is 0 Å². The van der Waals surface area contributed by atoms with E-state index in [0.717, 1.165) is 12.8 Å². The molecule has 0 spiro atoms. The Hall–Kier alpha value is -2.42. The number of fused-ring (bicyclic) bond motifs is 1. The molecule has 3 rings (SSSR count). The molecule has 9 nitrogen and oxygen atoms in total. The SMILES string of the molecule is CCCCn1c(=O)[nH]c(=O)c2c1nc(CCC(=O)N1C[C@@H](C)O[C@@H](C)C1)n2CC(C)C. The number of morpholine rings is 1. The van der Waals surface area contributed by atoms with E-state index in [1.807, 2.05) is 23.3 Å². The standard InChI is InChI=1S/C22H35N5O4/c1-6-7-10-26-20-19(21(29)24-22(26)30)27(11-14(2)3)17(23-20)8-9-18(28)25-12-15(4)31-16(5)13-25/h14-16H,6-13H2,1-5H3,(H,24,29,30)/t15-,16+. The summed E-state index contributed by atoms with van der Waals surface area (Å²) >= 11 is 0. The Morgan fingerprint density at radius 1 is 1.19 bits per heavy atom. The van der Waals surface area contributed by atoms with Crippen molar-refractivity contribution in [3.8, 4) is 0 Å². The van der Waals surface area contributed by atoms with Gasteiger partial charge in [0.05, 0.1) is 12.2 Å². The number of carbonyl (C=O) groups excluding carboxylic acids is 1. The fourth-order valence-corrected chi connectivity index (χ4v) is 4.25. The van der Waals surface area contributed by atoms with Crippen LogP contribution >= 0.6 is 0 Å². The normalized spacial score (nSPS) is 19.5. The highest BCUT2D eigenvalue weighted by Crippen LogP contribution is 2.18. The Bertz CT molecular complexity index is 1020. The fourth-order valence-electron chi connectivity index (χ4n) is 4.25. The number of hydrogen-bond acceptors (Lipinski definition) is 5. The van der Waals surface area contributed by atoms with Crippen LogP contribution in [0.3, 0.4) is 0 Å². The number of ether oxygens (including phenoxy) is 1. The first kappa shape index (κ1) is 23.2. The van der Waals surface area contributed by atoms with Crippen LogP contribution in [-0.2, 0) is 29.0 Å². The first-order valence-corrected chi connectivity index (χ1v) is 11.4. The maximum absolute atomic E-state index is 12.9. The molecule has 31 heavy (non-hydrogen) atoms. The monoisotopic (exact) mass is 433 g/mol. The minimum atomic E-state index is -0.431. The van der Waals surface area contributed by atoms with Crippen LogP contribution in [0, 0.1) is 5.92 Å². The predicted molar refractivity (Wildman–Crippen MR) is 119 cm³/mol.